The van der Waals surface area contributed by atoms with Gasteiger partial charge in [-0.15, -0.1) is 0 Å². The van der Waals surface area contributed by atoms with Crippen molar-refractivity contribution in [2.75, 3.05) is 39.3 Å². The van der Waals surface area contributed by atoms with Crippen LogP contribution < -0.4 is 5.32 Å². The maximum Gasteiger partial charge on any atom is 0.317 e. The summed E-state index contributed by atoms with van der Waals surface area (Å²) in [4.78, 5) is 16.1. The van der Waals surface area contributed by atoms with Crippen LogP contribution in [-0.2, 0) is 0 Å². The first kappa shape index (κ1) is 16.8. The van der Waals surface area contributed by atoms with Crippen LogP contribution in [0.2, 0.25) is 0 Å². The average molecular weight is 309 g/mol. The second-order valence-electron chi connectivity index (χ2n) is 5.70. The largest absolute Gasteiger partial charge is 0.465 e. The van der Waals surface area contributed by atoms with Crippen molar-refractivity contribution in [3.05, 3.63) is 23.7 Å². The van der Waals surface area contributed by atoms with Crippen molar-refractivity contribution in [3.63, 3.8) is 0 Å². The molecule has 0 aliphatic carbocycles. The molecular formula is C16H27N3O3. The van der Waals surface area contributed by atoms with Crippen molar-refractivity contribution in [1.82, 2.24) is 15.1 Å². The maximum absolute atomic E-state index is 12.2. The zero-order valence-corrected chi connectivity index (χ0v) is 13.5. The molecule has 6 heteroatoms. The lowest BCUT2D eigenvalue weighted by Crippen LogP contribution is -2.44. The van der Waals surface area contributed by atoms with Crippen LogP contribution in [0.15, 0.2) is 16.5 Å². The number of carbonyl (C=O) groups is 1. The van der Waals surface area contributed by atoms with E-state index in [9.17, 15) is 4.79 Å². The molecule has 0 bridgehead atoms. The van der Waals surface area contributed by atoms with E-state index < -0.39 is 0 Å². The fourth-order valence-electron chi connectivity index (χ4n) is 2.92. The number of hydrogen-bond donors (Lipinski definition) is 2. The van der Waals surface area contributed by atoms with Crippen LogP contribution in [0, 0.1) is 6.92 Å². The number of rotatable bonds is 7. The topological polar surface area (TPSA) is 69.0 Å². The van der Waals surface area contributed by atoms with Gasteiger partial charge in [-0.25, -0.2) is 4.79 Å². The van der Waals surface area contributed by atoms with Crippen molar-refractivity contribution in [3.8, 4) is 0 Å². The molecule has 0 aromatic carbocycles. The molecule has 2 rings (SSSR count). The van der Waals surface area contributed by atoms with Crippen molar-refractivity contribution in [2.24, 2.45) is 0 Å². The summed E-state index contributed by atoms with van der Waals surface area (Å²) < 4.78 is 5.78. The van der Waals surface area contributed by atoms with Crippen molar-refractivity contribution < 1.29 is 14.3 Å². The van der Waals surface area contributed by atoms with Crippen LogP contribution in [0.1, 0.15) is 37.3 Å². The predicted octanol–water partition coefficient (Wildman–Crippen LogP) is 1.75. The first-order valence-electron chi connectivity index (χ1n) is 8.09. The van der Waals surface area contributed by atoms with Crippen LogP contribution in [0.3, 0.4) is 0 Å². The SMILES string of the molecule is CCN(CCO)C(=O)NCC(c1ccc(C)o1)N1CCCC1. The Bertz CT molecular complexity index is 469. The zero-order chi connectivity index (χ0) is 15.9. The summed E-state index contributed by atoms with van der Waals surface area (Å²) in [5.41, 5.74) is 0. The lowest BCUT2D eigenvalue weighted by molar-refractivity contribution is 0.169. The zero-order valence-electron chi connectivity index (χ0n) is 13.5. The third kappa shape index (κ3) is 4.24. The number of amides is 2. The van der Waals surface area contributed by atoms with E-state index in [1.807, 2.05) is 26.0 Å². The smallest absolute Gasteiger partial charge is 0.317 e. The first-order valence-corrected chi connectivity index (χ1v) is 8.09. The maximum atomic E-state index is 12.2. The van der Waals surface area contributed by atoms with E-state index in [0.717, 1.165) is 24.6 Å². The Morgan fingerprint density at radius 3 is 2.73 bits per heavy atom. The first-order chi connectivity index (χ1) is 10.7. The lowest BCUT2D eigenvalue weighted by atomic mass is 10.2. The molecule has 1 aromatic rings. The molecule has 2 N–H and O–H groups in total. The third-order valence-corrected chi connectivity index (χ3v) is 4.16. The molecule has 6 nitrogen and oxygen atoms in total. The Hall–Kier alpha value is -1.53. The molecule has 1 aliphatic heterocycles. The summed E-state index contributed by atoms with van der Waals surface area (Å²) in [6, 6.07) is 3.90. The molecular weight excluding hydrogens is 282 g/mol. The molecule has 2 amide bonds. The average Bonchev–Trinajstić information content (AvgIpc) is 3.17. The van der Waals surface area contributed by atoms with E-state index in [4.69, 9.17) is 9.52 Å². The van der Waals surface area contributed by atoms with Gasteiger partial charge in [-0.3, -0.25) is 4.90 Å². The molecule has 1 fully saturated rings. The van der Waals surface area contributed by atoms with E-state index in [-0.39, 0.29) is 18.7 Å². The number of aliphatic hydroxyl groups excluding tert-OH is 1. The minimum absolute atomic E-state index is 0.0197. The Labute approximate surface area is 132 Å². The van der Waals surface area contributed by atoms with Gasteiger partial charge < -0.3 is 19.7 Å². The van der Waals surface area contributed by atoms with E-state index in [1.165, 1.54) is 12.8 Å². The minimum Gasteiger partial charge on any atom is -0.465 e. The Balaban J connectivity index is 1.99. The molecule has 0 radical (unpaired) electrons. The quantitative estimate of drug-likeness (QED) is 0.805. The van der Waals surface area contributed by atoms with Crippen molar-refractivity contribution >= 4 is 6.03 Å². The number of likely N-dealkylation sites (N-methyl/N-ethyl adjacent to an activating group) is 1. The van der Waals surface area contributed by atoms with Crippen LogP contribution in [0.5, 0.6) is 0 Å². The highest BCUT2D eigenvalue weighted by molar-refractivity contribution is 5.74. The molecule has 1 aliphatic rings. The number of furan rings is 1. The van der Waals surface area contributed by atoms with Crippen molar-refractivity contribution in [1.29, 1.82) is 0 Å². The number of aryl methyl sites for hydroxylation is 1. The fraction of sp³-hybridized carbons (Fsp3) is 0.688. The summed E-state index contributed by atoms with van der Waals surface area (Å²) in [7, 11) is 0. The highest BCUT2D eigenvalue weighted by Gasteiger charge is 2.26. The molecule has 0 spiro atoms. The summed E-state index contributed by atoms with van der Waals surface area (Å²) >= 11 is 0. The van der Waals surface area contributed by atoms with Gasteiger partial charge in [-0.2, -0.15) is 0 Å². The van der Waals surface area contributed by atoms with Gasteiger partial charge in [-0.1, -0.05) is 0 Å². The number of urea groups is 1. The fourth-order valence-corrected chi connectivity index (χ4v) is 2.92. The molecule has 0 saturated carbocycles. The Kier molecular flexibility index (Phi) is 6.27. The minimum atomic E-state index is -0.135. The summed E-state index contributed by atoms with van der Waals surface area (Å²) in [5, 5.41) is 12.0. The van der Waals surface area contributed by atoms with Crippen LogP contribution in [0.25, 0.3) is 0 Å². The number of nitrogens with zero attached hydrogens (tertiary/aromatic N) is 2. The van der Waals surface area contributed by atoms with E-state index in [2.05, 4.69) is 10.2 Å². The molecule has 1 unspecified atom stereocenters. The van der Waals surface area contributed by atoms with Crippen LogP contribution in [-0.4, -0.2) is 60.3 Å². The Morgan fingerprint density at radius 1 is 1.45 bits per heavy atom. The second kappa shape index (κ2) is 8.19. The van der Waals surface area contributed by atoms with Gasteiger partial charge in [0.1, 0.15) is 11.5 Å². The highest BCUT2D eigenvalue weighted by atomic mass is 16.3. The summed E-state index contributed by atoms with van der Waals surface area (Å²) in [6.07, 6.45) is 2.38. The normalized spacial score (nSPS) is 16.7. The summed E-state index contributed by atoms with van der Waals surface area (Å²) in [5.74, 6) is 1.80. The van der Waals surface area contributed by atoms with Gasteiger partial charge in [0.25, 0.3) is 0 Å². The van der Waals surface area contributed by atoms with E-state index in [1.54, 1.807) is 4.90 Å². The standard InChI is InChI=1S/C16H27N3O3/c1-3-18(10-11-20)16(21)17-12-14(19-8-4-5-9-19)15-7-6-13(2)22-15/h6-7,14,20H,3-5,8-12H2,1-2H3,(H,17,21). The van der Waals surface area contributed by atoms with Crippen molar-refractivity contribution in [2.45, 2.75) is 32.7 Å². The summed E-state index contributed by atoms with van der Waals surface area (Å²) in [6.45, 7) is 7.36. The second-order valence-corrected chi connectivity index (χ2v) is 5.70. The van der Waals surface area contributed by atoms with E-state index in [0.29, 0.717) is 19.6 Å². The van der Waals surface area contributed by atoms with Gasteiger partial charge >= 0.3 is 6.03 Å². The van der Waals surface area contributed by atoms with Gasteiger partial charge in [-0.05, 0) is 51.9 Å². The predicted molar refractivity (Wildman–Crippen MR) is 84.7 cm³/mol. The molecule has 1 saturated heterocycles. The number of hydrogen-bond acceptors (Lipinski definition) is 4. The van der Waals surface area contributed by atoms with Gasteiger partial charge in [0.05, 0.1) is 12.6 Å². The van der Waals surface area contributed by atoms with E-state index >= 15 is 0 Å². The number of likely N-dealkylation sites (tertiary alicyclic amines) is 1. The highest BCUT2D eigenvalue weighted by Crippen LogP contribution is 2.26. The molecule has 1 aromatic heterocycles. The number of aliphatic hydroxyl groups is 1. The van der Waals surface area contributed by atoms with Crippen LogP contribution in [0.4, 0.5) is 4.79 Å². The lowest BCUT2D eigenvalue weighted by Gasteiger charge is -2.27. The number of nitrogens with one attached hydrogen (secondary N) is 1. The van der Waals surface area contributed by atoms with Gasteiger partial charge in [0, 0.05) is 19.6 Å². The Morgan fingerprint density at radius 2 is 2.18 bits per heavy atom. The monoisotopic (exact) mass is 309 g/mol. The number of carbonyl (C=O) groups excluding carboxylic acids is 1. The van der Waals surface area contributed by atoms with Crippen LogP contribution >= 0.6 is 0 Å². The van der Waals surface area contributed by atoms with Gasteiger partial charge in [0.2, 0.25) is 0 Å². The molecule has 124 valence electrons. The molecule has 1 atom stereocenters. The molecule has 22 heavy (non-hydrogen) atoms. The third-order valence-electron chi connectivity index (χ3n) is 4.16. The molecule has 2 heterocycles. The van der Waals surface area contributed by atoms with Gasteiger partial charge in [0.15, 0.2) is 0 Å².